The van der Waals surface area contributed by atoms with Crippen LogP contribution in [0.25, 0.3) is 11.0 Å². The van der Waals surface area contributed by atoms with Crippen LogP contribution in [0.2, 0.25) is 0 Å². The minimum absolute atomic E-state index is 0.0125. The Morgan fingerprint density at radius 2 is 1.85 bits per heavy atom. The molecule has 1 saturated heterocycles. The number of para-hydroxylation sites is 2. The number of hydrogen-bond acceptors (Lipinski definition) is 6. The Labute approximate surface area is 202 Å². The average Bonchev–Trinajstić information content (AvgIpc) is 3.14. The second-order valence-electron chi connectivity index (χ2n) is 8.86. The molecule has 0 radical (unpaired) electrons. The van der Waals surface area contributed by atoms with Crippen LogP contribution < -0.4 is 9.62 Å². The van der Waals surface area contributed by atoms with Crippen LogP contribution in [0.1, 0.15) is 31.2 Å². The van der Waals surface area contributed by atoms with Gasteiger partial charge in [-0.15, -0.1) is 0 Å². The van der Waals surface area contributed by atoms with Crippen molar-refractivity contribution >= 4 is 26.7 Å². The summed E-state index contributed by atoms with van der Waals surface area (Å²) in [5, 5.41) is 0. The summed E-state index contributed by atoms with van der Waals surface area (Å²) >= 11 is 0. The van der Waals surface area contributed by atoms with Gasteiger partial charge < -0.3 is 14.2 Å². The van der Waals surface area contributed by atoms with E-state index in [0.717, 1.165) is 73.7 Å². The summed E-state index contributed by atoms with van der Waals surface area (Å²) in [7, 11) is -1.61. The van der Waals surface area contributed by atoms with Crippen molar-refractivity contribution in [1.82, 2.24) is 19.2 Å². The molecule has 0 amide bonds. The van der Waals surface area contributed by atoms with Gasteiger partial charge in [-0.3, -0.25) is 4.90 Å². The summed E-state index contributed by atoms with van der Waals surface area (Å²) in [4.78, 5) is 9.65. The highest BCUT2D eigenvalue weighted by Gasteiger charge is 2.25. The molecular weight excluding hydrogens is 450 g/mol. The second-order valence-corrected chi connectivity index (χ2v) is 10.6. The maximum absolute atomic E-state index is 13.0. The lowest BCUT2D eigenvalue weighted by Crippen LogP contribution is -2.46. The third-order valence-electron chi connectivity index (χ3n) is 6.35. The maximum Gasteiger partial charge on any atom is 0.244 e. The zero-order valence-corrected chi connectivity index (χ0v) is 21.1. The molecule has 0 spiro atoms. The van der Waals surface area contributed by atoms with Gasteiger partial charge in [0, 0.05) is 39.8 Å². The molecule has 1 aromatic heterocycles. The molecule has 1 N–H and O–H groups in total. The van der Waals surface area contributed by atoms with Gasteiger partial charge in [0.1, 0.15) is 17.5 Å². The van der Waals surface area contributed by atoms with E-state index in [-0.39, 0.29) is 6.73 Å². The topological polar surface area (TPSA) is 79.7 Å². The minimum Gasteiger partial charge on any atom is -0.368 e. The second kappa shape index (κ2) is 10.9. The number of sulfonamides is 1. The first-order chi connectivity index (χ1) is 16.4. The average molecular weight is 486 g/mol. The Morgan fingerprint density at radius 3 is 2.59 bits per heavy atom. The van der Waals surface area contributed by atoms with E-state index in [1.54, 1.807) is 6.07 Å². The van der Waals surface area contributed by atoms with Gasteiger partial charge in [0.05, 0.1) is 23.3 Å². The predicted molar refractivity (Wildman–Crippen MR) is 135 cm³/mol. The maximum atomic E-state index is 13.0. The van der Waals surface area contributed by atoms with Gasteiger partial charge in [0.2, 0.25) is 10.0 Å². The standard InChI is InChI=1S/C25H35N5O3S/c1-4-5-16-33-19-26-34(31,32)24-11-10-20(2)17-23(24)30-14-12-29(13-15-30)18-25-27-21-8-6-7-9-22(21)28(25)3/h6-11,17,26H,4-5,12-16,18-19H2,1-3H3. The number of anilines is 1. The quantitative estimate of drug-likeness (QED) is 0.351. The summed E-state index contributed by atoms with van der Waals surface area (Å²) in [5.74, 6) is 1.04. The highest BCUT2D eigenvalue weighted by Crippen LogP contribution is 2.28. The Balaban J connectivity index is 1.42. The zero-order chi connectivity index (χ0) is 24.1. The number of aryl methyl sites for hydroxylation is 2. The van der Waals surface area contributed by atoms with Gasteiger partial charge in [-0.2, -0.15) is 4.72 Å². The summed E-state index contributed by atoms with van der Waals surface area (Å²) < 4.78 is 36.2. The van der Waals surface area contributed by atoms with Crippen molar-refractivity contribution in [2.24, 2.45) is 7.05 Å². The van der Waals surface area contributed by atoms with E-state index >= 15 is 0 Å². The Bertz CT molecular complexity index is 1220. The third-order valence-corrected chi connectivity index (χ3v) is 7.78. The van der Waals surface area contributed by atoms with Gasteiger partial charge in [-0.1, -0.05) is 31.5 Å². The molecular formula is C25H35N5O3S. The molecule has 9 heteroatoms. The molecule has 2 heterocycles. The molecule has 1 aliphatic heterocycles. The number of ether oxygens (including phenoxy) is 1. The van der Waals surface area contributed by atoms with Crippen molar-refractivity contribution in [3.8, 4) is 0 Å². The van der Waals surface area contributed by atoms with E-state index in [1.165, 1.54) is 0 Å². The van der Waals surface area contributed by atoms with Crippen LogP contribution in [0.5, 0.6) is 0 Å². The fourth-order valence-corrected chi connectivity index (χ4v) is 5.41. The minimum atomic E-state index is -3.67. The first kappa shape index (κ1) is 24.7. The Morgan fingerprint density at radius 1 is 1.09 bits per heavy atom. The summed E-state index contributed by atoms with van der Waals surface area (Å²) in [5.41, 5.74) is 3.94. The van der Waals surface area contributed by atoms with Crippen molar-refractivity contribution in [1.29, 1.82) is 0 Å². The molecule has 3 aromatic rings. The molecule has 8 nitrogen and oxygen atoms in total. The van der Waals surface area contributed by atoms with Crippen LogP contribution in [0.15, 0.2) is 47.4 Å². The van der Waals surface area contributed by atoms with Crippen molar-refractivity contribution < 1.29 is 13.2 Å². The van der Waals surface area contributed by atoms with Gasteiger partial charge in [-0.05, 0) is 43.2 Å². The van der Waals surface area contributed by atoms with E-state index in [4.69, 9.17) is 9.72 Å². The molecule has 1 fully saturated rings. The van der Waals surface area contributed by atoms with Crippen LogP contribution in [-0.2, 0) is 28.4 Å². The number of aromatic nitrogens is 2. The third kappa shape index (κ3) is 5.60. The summed E-state index contributed by atoms with van der Waals surface area (Å²) in [6.45, 7) is 8.55. The molecule has 34 heavy (non-hydrogen) atoms. The predicted octanol–water partition coefficient (Wildman–Crippen LogP) is 3.26. The van der Waals surface area contributed by atoms with Crippen LogP contribution >= 0.6 is 0 Å². The van der Waals surface area contributed by atoms with E-state index in [2.05, 4.69) is 39.1 Å². The molecule has 4 rings (SSSR count). The number of imidazole rings is 1. The van der Waals surface area contributed by atoms with Crippen LogP contribution in [0.3, 0.4) is 0 Å². The lowest BCUT2D eigenvalue weighted by molar-refractivity contribution is 0.128. The number of hydrogen-bond donors (Lipinski definition) is 1. The van der Waals surface area contributed by atoms with Crippen LogP contribution in [0, 0.1) is 6.92 Å². The van der Waals surface area contributed by atoms with Crippen LogP contribution in [0.4, 0.5) is 5.69 Å². The highest BCUT2D eigenvalue weighted by molar-refractivity contribution is 7.89. The number of fused-ring (bicyclic) bond motifs is 1. The number of benzene rings is 2. The molecule has 0 aliphatic carbocycles. The smallest absolute Gasteiger partial charge is 0.244 e. The summed E-state index contributed by atoms with van der Waals surface area (Å²) in [6.07, 6.45) is 1.92. The molecule has 0 unspecified atom stereocenters. The van der Waals surface area contributed by atoms with Gasteiger partial charge in [0.15, 0.2) is 0 Å². The van der Waals surface area contributed by atoms with E-state index < -0.39 is 10.0 Å². The molecule has 0 saturated carbocycles. The molecule has 1 aliphatic rings. The normalized spacial score (nSPS) is 15.3. The molecule has 184 valence electrons. The largest absolute Gasteiger partial charge is 0.368 e. The number of rotatable bonds is 10. The zero-order valence-electron chi connectivity index (χ0n) is 20.3. The van der Waals surface area contributed by atoms with E-state index in [1.807, 2.05) is 37.3 Å². The lowest BCUT2D eigenvalue weighted by atomic mass is 10.2. The molecule has 0 bridgehead atoms. The lowest BCUT2D eigenvalue weighted by Gasteiger charge is -2.36. The first-order valence-corrected chi connectivity index (χ1v) is 13.4. The van der Waals surface area contributed by atoms with Crippen molar-refractivity contribution in [2.45, 2.75) is 38.1 Å². The molecule has 2 aromatic carbocycles. The Kier molecular flexibility index (Phi) is 7.88. The Hall–Kier alpha value is -2.46. The number of nitrogens with one attached hydrogen (secondary N) is 1. The first-order valence-electron chi connectivity index (χ1n) is 11.9. The van der Waals surface area contributed by atoms with E-state index in [9.17, 15) is 8.42 Å². The number of piperazine rings is 1. The van der Waals surface area contributed by atoms with Gasteiger partial charge in [-0.25, -0.2) is 13.4 Å². The fraction of sp³-hybridized carbons (Fsp3) is 0.480. The highest BCUT2D eigenvalue weighted by atomic mass is 32.2. The summed E-state index contributed by atoms with van der Waals surface area (Å²) in [6, 6.07) is 13.7. The van der Waals surface area contributed by atoms with Crippen molar-refractivity contribution in [3.63, 3.8) is 0 Å². The monoisotopic (exact) mass is 485 g/mol. The SMILES string of the molecule is CCCCOCNS(=O)(=O)c1ccc(C)cc1N1CCN(Cc2nc3ccccc3n2C)CC1. The van der Waals surface area contributed by atoms with Gasteiger partial charge in [0.25, 0.3) is 0 Å². The molecule has 0 atom stereocenters. The van der Waals surface area contributed by atoms with Crippen molar-refractivity contribution in [2.75, 3.05) is 44.4 Å². The van der Waals surface area contributed by atoms with E-state index in [0.29, 0.717) is 11.5 Å². The number of unbranched alkanes of at least 4 members (excludes halogenated alkanes) is 1. The van der Waals surface area contributed by atoms with Gasteiger partial charge >= 0.3 is 0 Å². The number of nitrogens with zero attached hydrogens (tertiary/aromatic N) is 4. The van der Waals surface area contributed by atoms with Crippen molar-refractivity contribution in [3.05, 3.63) is 53.9 Å². The fourth-order valence-electron chi connectivity index (χ4n) is 4.30. The van der Waals surface area contributed by atoms with Crippen LogP contribution in [-0.4, -0.2) is 62.4 Å².